The maximum absolute atomic E-state index is 2.51. The average Bonchev–Trinajstić information content (AvgIpc) is 3.49. The van der Waals surface area contributed by atoms with E-state index in [2.05, 4.69) is 43.5 Å². The summed E-state index contributed by atoms with van der Waals surface area (Å²) < 4.78 is 2.51. The summed E-state index contributed by atoms with van der Waals surface area (Å²) in [5.41, 5.74) is 0. The summed E-state index contributed by atoms with van der Waals surface area (Å²) in [4.78, 5) is 2.42. The number of rotatable bonds is 33. The molecule has 0 bridgehead atoms. The molecule has 0 saturated heterocycles. The minimum Gasteiger partial charge on any atom is -1.00 e. The first-order valence-corrected chi connectivity index (χ1v) is 20.6. The number of likely N-dealkylation sites (N-methyl/N-ethyl adjacent to an activating group) is 1. The zero-order valence-electron chi connectivity index (χ0n) is 31.3. The zero-order valence-corrected chi connectivity index (χ0v) is 32.1. The van der Waals surface area contributed by atoms with Gasteiger partial charge in [-0.1, -0.05) is 213 Å². The average molecular weight is 642 g/mol. The minimum absolute atomic E-state index is 0. The van der Waals surface area contributed by atoms with Crippen LogP contribution in [0.2, 0.25) is 0 Å². The molecule has 2 nitrogen and oxygen atoms in total. The molecule has 0 atom stereocenters. The van der Waals surface area contributed by atoms with E-state index < -0.39 is 0 Å². The van der Waals surface area contributed by atoms with Gasteiger partial charge in [-0.25, -0.2) is 0 Å². The lowest BCUT2D eigenvalue weighted by Gasteiger charge is -2.04. The predicted octanol–water partition coefficient (Wildman–Crippen LogP) is 10.9. The van der Waals surface area contributed by atoms with Crippen molar-refractivity contribution >= 4 is 6.34 Å². The van der Waals surface area contributed by atoms with Gasteiger partial charge in [0.05, 0.1) is 13.1 Å². The second kappa shape index (κ2) is 40.8. The van der Waals surface area contributed by atoms with Crippen molar-refractivity contribution in [2.75, 3.05) is 26.2 Å². The lowest BCUT2D eigenvalue weighted by atomic mass is 10.0. The van der Waals surface area contributed by atoms with E-state index in [1.54, 1.807) is 0 Å². The number of unbranched alkanes of at least 4 members (excludes halogenated alkanes) is 30. The molecule has 0 amide bonds. The molecular weight excluding hydrogens is 556 g/mol. The molecule has 0 aromatic heterocycles. The van der Waals surface area contributed by atoms with Crippen LogP contribution in [0.4, 0.5) is 0 Å². The fraction of sp³-hybridized carbons (Fsp3) is 0.976. The smallest absolute Gasteiger partial charge is 0.234 e. The van der Waals surface area contributed by atoms with E-state index in [0.29, 0.717) is 0 Å². The van der Waals surface area contributed by atoms with E-state index in [4.69, 9.17) is 0 Å². The molecule has 0 aromatic carbocycles. The van der Waals surface area contributed by atoms with Gasteiger partial charge in [0.1, 0.15) is 13.1 Å². The lowest BCUT2D eigenvalue weighted by Crippen LogP contribution is -3.00. The third-order valence-corrected chi connectivity index (χ3v) is 9.66. The number of hydrogen-bond donors (Lipinski definition) is 0. The summed E-state index contributed by atoms with van der Waals surface area (Å²) in [5.74, 6) is 0. The molecule has 1 heterocycles. The normalized spacial score (nSPS) is 12.6. The maximum Gasteiger partial charge on any atom is 0.234 e. The van der Waals surface area contributed by atoms with Gasteiger partial charge in [0, 0.05) is 0 Å². The van der Waals surface area contributed by atoms with Crippen LogP contribution in [0.25, 0.3) is 0 Å². The third kappa shape index (κ3) is 36.2. The summed E-state index contributed by atoms with van der Waals surface area (Å²) in [7, 11) is 0. The van der Waals surface area contributed by atoms with Gasteiger partial charge in [0.25, 0.3) is 0 Å². The van der Waals surface area contributed by atoms with Gasteiger partial charge in [-0.3, -0.25) is 9.48 Å². The fourth-order valence-electron chi connectivity index (χ4n) is 6.50. The Morgan fingerprint density at radius 1 is 0.386 bits per heavy atom. The first-order chi connectivity index (χ1) is 21.3. The molecule has 0 fully saturated rings. The Kier molecular flexibility index (Phi) is 42.5. The number of hydrogen-bond acceptors (Lipinski definition) is 1. The summed E-state index contributed by atoms with van der Waals surface area (Å²) in [6.07, 6.45) is 49.0. The van der Waals surface area contributed by atoms with Crippen LogP contribution in [0.1, 0.15) is 233 Å². The van der Waals surface area contributed by atoms with E-state index in [-0.39, 0.29) is 12.4 Å². The number of nitrogens with zero attached hydrogens (tertiary/aromatic N) is 2. The van der Waals surface area contributed by atoms with Gasteiger partial charge in [-0.2, -0.15) is 0 Å². The van der Waals surface area contributed by atoms with Crippen molar-refractivity contribution in [1.29, 1.82) is 0 Å². The Labute approximate surface area is 286 Å². The van der Waals surface area contributed by atoms with Crippen molar-refractivity contribution < 1.29 is 17.0 Å². The second-order valence-electron chi connectivity index (χ2n) is 14.0. The van der Waals surface area contributed by atoms with Gasteiger partial charge in [0.15, 0.2) is 0 Å². The highest BCUT2D eigenvalue weighted by molar-refractivity contribution is 5.50. The SMILES string of the molecule is CCCCCCCCCCCCCCCCC.CCCCCCCCCCCCCCCCCCC[N+]1=CN(CC)CC1.[Cl-]. The van der Waals surface area contributed by atoms with Crippen LogP contribution in [0.5, 0.6) is 0 Å². The first-order valence-electron chi connectivity index (χ1n) is 20.6. The zero-order chi connectivity index (χ0) is 31.3. The Morgan fingerprint density at radius 3 is 0.864 bits per heavy atom. The van der Waals surface area contributed by atoms with Crippen LogP contribution in [0.3, 0.4) is 0 Å². The summed E-state index contributed by atoms with van der Waals surface area (Å²) >= 11 is 0. The van der Waals surface area contributed by atoms with Crippen LogP contribution in [0.15, 0.2) is 0 Å². The number of halogens is 1. The van der Waals surface area contributed by atoms with Crippen LogP contribution in [-0.4, -0.2) is 42.0 Å². The Morgan fingerprint density at radius 2 is 0.636 bits per heavy atom. The van der Waals surface area contributed by atoms with Gasteiger partial charge in [-0.15, -0.1) is 0 Å². The minimum atomic E-state index is 0. The maximum atomic E-state index is 2.51. The lowest BCUT2D eigenvalue weighted by molar-refractivity contribution is -0.514. The van der Waals surface area contributed by atoms with Gasteiger partial charge >= 0.3 is 0 Å². The van der Waals surface area contributed by atoms with Crippen molar-refractivity contribution in [2.45, 2.75) is 233 Å². The van der Waals surface area contributed by atoms with E-state index in [1.165, 1.54) is 225 Å². The molecule has 0 aromatic rings. The second-order valence-corrected chi connectivity index (χ2v) is 14.0. The van der Waals surface area contributed by atoms with E-state index >= 15 is 0 Å². The molecule has 0 aliphatic carbocycles. The Hall–Kier alpha value is -0.240. The topological polar surface area (TPSA) is 6.25 Å². The van der Waals surface area contributed by atoms with E-state index in [1.807, 2.05) is 0 Å². The first kappa shape index (κ1) is 45.9. The van der Waals surface area contributed by atoms with Gasteiger partial charge in [-0.05, 0) is 19.8 Å². The molecule has 0 N–H and O–H groups in total. The van der Waals surface area contributed by atoms with Crippen molar-refractivity contribution in [2.24, 2.45) is 0 Å². The fourth-order valence-corrected chi connectivity index (χ4v) is 6.50. The molecule has 1 aliphatic rings. The highest BCUT2D eigenvalue weighted by atomic mass is 35.5. The highest BCUT2D eigenvalue weighted by Crippen LogP contribution is 2.15. The Balaban J connectivity index is 0. The highest BCUT2D eigenvalue weighted by Gasteiger charge is 2.15. The van der Waals surface area contributed by atoms with Crippen LogP contribution in [-0.2, 0) is 0 Å². The van der Waals surface area contributed by atoms with Crippen molar-refractivity contribution in [3.63, 3.8) is 0 Å². The van der Waals surface area contributed by atoms with Crippen molar-refractivity contribution in [3.8, 4) is 0 Å². The van der Waals surface area contributed by atoms with E-state index in [0.717, 1.165) is 6.54 Å². The molecule has 0 spiro atoms. The summed E-state index contributed by atoms with van der Waals surface area (Å²) in [5, 5.41) is 0. The molecule has 1 rings (SSSR count). The van der Waals surface area contributed by atoms with E-state index in [9.17, 15) is 0 Å². The van der Waals surface area contributed by atoms with Gasteiger partial charge < -0.3 is 12.4 Å². The molecule has 1 aliphatic heterocycles. The van der Waals surface area contributed by atoms with Crippen molar-refractivity contribution in [1.82, 2.24) is 4.90 Å². The summed E-state index contributed by atoms with van der Waals surface area (Å²) in [6, 6.07) is 0. The predicted molar refractivity (Wildman–Crippen MR) is 198 cm³/mol. The molecule has 0 radical (unpaired) electrons. The van der Waals surface area contributed by atoms with Crippen LogP contribution in [0, 0.1) is 0 Å². The quantitative estimate of drug-likeness (QED) is 0.0511. The molecule has 0 unspecified atom stereocenters. The largest absolute Gasteiger partial charge is 1.00 e. The molecule has 3 heteroatoms. The van der Waals surface area contributed by atoms with Crippen molar-refractivity contribution in [3.05, 3.63) is 0 Å². The summed E-state index contributed by atoms with van der Waals surface area (Å²) in [6.45, 7) is 14.0. The molecular formula is C41H85ClN2. The Bertz CT molecular complexity index is 521. The molecule has 0 saturated carbocycles. The van der Waals surface area contributed by atoms with Crippen LogP contribution < -0.4 is 12.4 Å². The standard InChI is InChI=1S/C24H49N2.C17H36.ClH/c1-3-5-6-7-8-9-10-11-12-13-14-15-16-17-18-19-20-21-26-23-22-25(4-2)24-26;1-3-5-7-9-11-13-15-17-16-14-12-10-8-6-4-2;/h24H,3-23H2,1-2H3;3-17H2,1-2H3;1H/q+1;;/p-1. The van der Waals surface area contributed by atoms with Gasteiger partial charge in [0.2, 0.25) is 6.34 Å². The monoisotopic (exact) mass is 641 g/mol. The molecule has 44 heavy (non-hydrogen) atoms. The third-order valence-electron chi connectivity index (χ3n) is 9.66. The van der Waals surface area contributed by atoms with Crippen LogP contribution >= 0.6 is 0 Å². The molecule has 266 valence electrons.